The molecule has 42 heavy (non-hydrogen) atoms. The molecule has 0 bridgehead atoms. The number of nitrogens with zero attached hydrogens (tertiary/aromatic N) is 3. The summed E-state index contributed by atoms with van der Waals surface area (Å²) in [5.41, 5.74) is 1.34. The first kappa shape index (κ1) is 29.5. The third-order valence-electron chi connectivity index (χ3n) is 6.49. The molecule has 1 aliphatic rings. The van der Waals surface area contributed by atoms with Crippen LogP contribution in [0.4, 0.5) is 31.0 Å². The van der Waals surface area contributed by atoms with Gasteiger partial charge in [0.1, 0.15) is 5.82 Å². The first-order valence-electron chi connectivity index (χ1n) is 12.8. The zero-order valence-electron chi connectivity index (χ0n) is 22.3. The molecule has 0 saturated carbocycles. The molecule has 3 aromatic carbocycles. The number of benzene rings is 3. The average molecular weight is 579 g/mol. The Morgan fingerprint density at radius 1 is 0.952 bits per heavy atom. The predicted molar refractivity (Wildman–Crippen MR) is 149 cm³/mol. The zero-order chi connectivity index (χ0) is 30.4. The Labute approximate surface area is 239 Å². The van der Waals surface area contributed by atoms with Crippen molar-refractivity contribution in [2.75, 3.05) is 23.7 Å². The Kier molecular flexibility index (Phi) is 8.95. The number of hydrogen-bond acceptors (Lipinski definition) is 6. The maximum atomic E-state index is 13.7. The van der Waals surface area contributed by atoms with Crippen molar-refractivity contribution < 1.29 is 33.6 Å². The number of halogens is 1. The first-order chi connectivity index (χ1) is 20.0. The molecule has 0 aromatic heterocycles. The normalized spacial score (nSPS) is 15.0. The van der Waals surface area contributed by atoms with Gasteiger partial charge in [0.05, 0.1) is 17.4 Å². The molecule has 4 N–H and O–H groups in total. The van der Waals surface area contributed by atoms with Crippen LogP contribution in [-0.4, -0.2) is 63.0 Å². The van der Waals surface area contributed by atoms with E-state index in [1.165, 1.54) is 36.4 Å². The van der Waals surface area contributed by atoms with Crippen LogP contribution in [0.25, 0.3) is 0 Å². The fourth-order valence-electron chi connectivity index (χ4n) is 4.46. The summed E-state index contributed by atoms with van der Waals surface area (Å²) in [7, 11) is 0. The third-order valence-corrected chi connectivity index (χ3v) is 6.49. The molecule has 218 valence electrons. The van der Waals surface area contributed by atoms with Crippen LogP contribution in [-0.2, 0) is 9.59 Å². The van der Waals surface area contributed by atoms with E-state index in [1.807, 2.05) is 6.92 Å². The van der Waals surface area contributed by atoms with Gasteiger partial charge >= 0.3 is 18.0 Å². The molecular weight excluding hydrogens is 551 g/mol. The largest absolute Gasteiger partial charge is 0.481 e. The summed E-state index contributed by atoms with van der Waals surface area (Å²) in [6.45, 7) is 1.73. The number of hydrogen-bond donors (Lipinski definition) is 4. The van der Waals surface area contributed by atoms with Gasteiger partial charge in [-0.25, -0.2) is 14.0 Å². The molecule has 4 rings (SSSR count). The number of carboxylic acid groups (broad SMARTS) is 1. The quantitative estimate of drug-likeness (QED) is 0.230. The van der Waals surface area contributed by atoms with E-state index in [0.717, 1.165) is 27.5 Å². The van der Waals surface area contributed by atoms with E-state index in [9.17, 15) is 38.8 Å². The van der Waals surface area contributed by atoms with Crippen molar-refractivity contribution in [2.45, 2.75) is 25.6 Å². The first-order valence-corrected chi connectivity index (χ1v) is 12.8. The number of carbonyl (C=O) groups excluding carboxylic acids is 3. The standard InChI is InChI=1S/C28H27FN6O7/c1-17-8-10-20(11-9-17)30-27(39)33-12-13-34(28(40)31-21-6-3-5-19(29)15-21)26(33)25(38)32-23(16-24(36)37)18-4-2-7-22(14-18)35(41)42/h2-11,14-15,23,26H,12-13,16H2,1H3,(H,30,39)(H,31,40)(H,32,38)(H,36,37). The number of carboxylic acids is 1. The van der Waals surface area contributed by atoms with Crippen LogP contribution in [0.3, 0.4) is 0 Å². The molecule has 13 nitrogen and oxygen atoms in total. The average Bonchev–Trinajstić information content (AvgIpc) is 3.40. The fourth-order valence-corrected chi connectivity index (χ4v) is 4.46. The molecule has 0 aliphatic carbocycles. The maximum absolute atomic E-state index is 13.7. The molecule has 1 fully saturated rings. The number of anilines is 2. The summed E-state index contributed by atoms with van der Waals surface area (Å²) < 4.78 is 13.7. The van der Waals surface area contributed by atoms with Gasteiger partial charge in [-0.15, -0.1) is 0 Å². The summed E-state index contributed by atoms with van der Waals surface area (Å²) in [5, 5.41) is 28.5. The van der Waals surface area contributed by atoms with Crippen LogP contribution in [0.15, 0.2) is 72.8 Å². The lowest BCUT2D eigenvalue weighted by molar-refractivity contribution is -0.384. The van der Waals surface area contributed by atoms with Crippen LogP contribution in [0.5, 0.6) is 0 Å². The van der Waals surface area contributed by atoms with Crippen molar-refractivity contribution in [2.24, 2.45) is 0 Å². The van der Waals surface area contributed by atoms with Crippen LogP contribution >= 0.6 is 0 Å². The summed E-state index contributed by atoms with van der Waals surface area (Å²) in [4.78, 5) is 64.7. The van der Waals surface area contributed by atoms with E-state index in [-0.39, 0.29) is 30.0 Å². The number of aliphatic carboxylic acids is 1. The van der Waals surface area contributed by atoms with Crippen LogP contribution in [0, 0.1) is 22.9 Å². The van der Waals surface area contributed by atoms with Gasteiger partial charge in [-0.05, 0) is 42.8 Å². The Morgan fingerprint density at radius 3 is 2.17 bits per heavy atom. The number of amides is 5. The molecule has 3 aromatic rings. The minimum Gasteiger partial charge on any atom is -0.481 e. The lowest BCUT2D eigenvalue weighted by atomic mass is 10.0. The highest BCUT2D eigenvalue weighted by Crippen LogP contribution is 2.25. The van der Waals surface area contributed by atoms with E-state index in [1.54, 1.807) is 24.3 Å². The predicted octanol–water partition coefficient (Wildman–Crippen LogP) is 4.08. The molecule has 14 heteroatoms. The smallest absolute Gasteiger partial charge is 0.323 e. The Morgan fingerprint density at radius 2 is 1.57 bits per heavy atom. The van der Waals surface area contributed by atoms with Gasteiger partial charge in [0.2, 0.25) is 0 Å². The molecule has 1 saturated heterocycles. The fraction of sp³-hybridized carbons (Fsp3) is 0.214. The minimum atomic E-state index is -1.54. The highest BCUT2D eigenvalue weighted by molar-refractivity contribution is 5.98. The monoisotopic (exact) mass is 578 g/mol. The van der Waals surface area contributed by atoms with Gasteiger partial charge < -0.3 is 21.1 Å². The molecule has 1 aliphatic heterocycles. The van der Waals surface area contributed by atoms with Crippen molar-refractivity contribution in [1.82, 2.24) is 15.1 Å². The van der Waals surface area contributed by atoms with Gasteiger partial charge in [0.15, 0.2) is 6.17 Å². The van der Waals surface area contributed by atoms with Crippen molar-refractivity contribution in [3.05, 3.63) is 99.9 Å². The van der Waals surface area contributed by atoms with Gasteiger partial charge in [-0.1, -0.05) is 35.9 Å². The van der Waals surface area contributed by atoms with Gasteiger partial charge in [-0.3, -0.25) is 29.5 Å². The number of nitrogens with one attached hydrogen (secondary N) is 3. The summed E-state index contributed by atoms with van der Waals surface area (Å²) in [6, 6.07) is 14.4. The van der Waals surface area contributed by atoms with Gasteiger partial charge in [0.25, 0.3) is 11.6 Å². The highest BCUT2D eigenvalue weighted by Gasteiger charge is 2.43. The van der Waals surface area contributed by atoms with Gasteiger partial charge in [0, 0.05) is 36.6 Å². The second-order valence-electron chi connectivity index (χ2n) is 9.51. The Bertz CT molecular complexity index is 1520. The van der Waals surface area contributed by atoms with E-state index >= 15 is 0 Å². The van der Waals surface area contributed by atoms with E-state index in [0.29, 0.717) is 5.69 Å². The third kappa shape index (κ3) is 7.15. The molecular formula is C28H27FN6O7. The second kappa shape index (κ2) is 12.8. The van der Waals surface area contributed by atoms with Crippen molar-refractivity contribution >= 4 is 41.0 Å². The maximum Gasteiger partial charge on any atom is 0.323 e. The minimum absolute atomic E-state index is 0.0627. The lowest BCUT2D eigenvalue weighted by Gasteiger charge is -2.30. The molecule has 1 heterocycles. The van der Waals surface area contributed by atoms with Gasteiger partial charge in [-0.2, -0.15) is 0 Å². The Balaban J connectivity index is 1.63. The van der Waals surface area contributed by atoms with E-state index in [2.05, 4.69) is 16.0 Å². The number of urea groups is 2. The number of rotatable bonds is 8. The molecule has 0 radical (unpaired) electrons. The second-order valence-corrected chi connectivity index (χ2v) is 9.51. The number of nitro benzene ring substituents is 1. The number of nitro groups is 1. The topological polar surface area (TPSA) is 174 Å². The van der Waals surface area contributed by atoms with Crippen LogP contribution in [0.2, 0.25) is 0 Å². The van der Waals surface area contributed by atoms with Crippen molar-refractivity contribution in [3.8, 4) is 0 Å². The number of non-ortho nitro benzene ring substituents is 1. The Hall–Kier alpha value is -5.53. The highest BCUT2D eigenvalue weighted by atomic mass is 19.1. The van der Waals surface area contributed by atoms with Crippen LogP contribution < -0.4 is 16.0 Å². The lowest BCUT2D eigenvalue weighted by Crippen LogP contribution is -2.56. The summed E-state index contributed by atoms with van der Waals surface area (Å²) in [6.07, 6.45) is -2.18. The number of aryl methyl sites for hydroxylation is 1. The van der Waals surface area contributed by atoms with Crippen molar-refractivity contribution in [3.63, 3.8) is 0 Å². The van der Waals surface area contributed by atoms with Crippen LogP contribution in [0.1, 0.15) is 23.6 Å². The van der Waals surface area contributed by atoms with E-state index in [4.69, 9.17) is 0 Å². The molecule has 2 atom stereocenters. The summed E-state index contributed by atoms with van der Waals surface area (Å²) in [5.74, 6) is -2.80. The molecule has 0 spiro atoms. The number of carbonyl (C=O) groups is 4. The van der Waals surface area contributed by atoms with E-state index < -0.39 is 53.3 Å². The zero-order valence-corrected chi connectivity index (χ0v) is 22.3. The van der Waals surface area contributed by atoms with Crippen molar-refractivity contribution in [1.29, 1.82) is 0 Å². The molecule has 2 unspecified atom stereocenters. The molecule has 5 amide bonds. The SMILES string of the molecule is Cc1ccc(NC(=O)N2CCN(C(=O)Nc3cccc(F)c3)C2C(=O)NC(CC(=O)O)c2cccc([N+](=O)[O-])c2)cc1. The summed E-state index contributed by atoms with van der Waals surface area (Å²) >= 11 is 0.